The van der Waals surface area contributed by atoms with Crippen molar-refractivity contribution < 1.29 is 9.59 Å². The average Bonchev–Trinajstić information content (AvgIpc) is 1.97. The number of ketones is 2. The average molecular weight is 126 g/mol. The lowest BCUT2D eigenvalue weighted by molar-refractivity contribution is -0.137. The first-order valence-corrected chi connectivity index (χ1v) is 3.12. The van der Waals surface area contributed by atoms with Gasteiger partial charge in [0.25, 0.3) is 0 Å². The summed E-state index contributed by atoms with van der Waals surface area (Å²) in [6, 6.07) is 0. The van der Waals surface area contributed by atoms with Gasteiger partial charge >= 0.3 is 0 Å². The number of hydrogen-bond donors (Lipinski definition) is 0. The molecule has 0 N–H and O–H groups in total. The Morgan fingerprint density at radius 3 is 2.00 bits per heavy atom. The van der Waals surface area contributed by atoms with Gasteiger partial charge in [-0.15, -0.1) is 0 Å². The first-order valence-electron chi connectivity index (χ1n) is 3.12. The monoisotopic (exact) mass is 126 g/mol. The summed E-state index contributed by atoms with van der Waals surface area (Å²) in [4.78, 5) is 21.5. The van der Waals surface area contributed by atoms with Crippen LogP contribution in [-0.4, -0.2) is 11.6 Å². The van der Waals surface area contributed by atoms with Crippen LogP contribution in [0.4, 0.5) is 0 Å². The van der Waals surface area contributed by atoms with Crippen LogP contribution in [0.3, 0.4) is 0 Å². The first kappa shape index (κ1) is 6.46. The van der Waals surface area contributed by atoms with Crippen LogP contribution in [-0.2, 0) is 9.59 Å². The third-order valence-corrected chi connectivity index (χ3v) is 1.84. The Hall–Kier alpha value is -0.660. The zero-order valence-electron chi connectivity index (χ0n) is 5.73. The van der Waals surface area contributed by atoms with Crippen molar-refractivity contribution in [1.29, 1.82) is 0 Å². The van der Waals surface area contributed by atoms with E-state index in [-0.39, 0.29) is 17.0 Å². The van der Waals surface area contributed by atoms with E-state index >= 15 is 0 Å². The highest BCUT2D eigenvalue weighted by Gasteiger charge is 2.38. The maximum absolute atomic E-state index is 10.9. The lowest BCUT2D eigenvalue weighted by Crippen LogP contribution is -2.21. The van der Waals surface area contributed by atoms with Crippen LogP contribution in [0.1, 0.15) is 26.7 Å². The minimum absolute atomic E-state index is 0.192. The SMILES string of the molecule is CC1(C)CCC(=O)C1=O. The van der Waals surface area contributed by atoms with E-state index in [0.717, 1.165) is 6.42 Å². The molecule has 0 unspecified atom stereocenters. The van der Waals surface area contributed by atoms with E-state index in [4.69, 9.17) is 0 Å². The number of carbonyl (C=O) groups is 2. The van der Waals surface area contributed by atoms with Gasteiger partial charge in [0.2, 0.25) is 5.78 Å². The van der Waals surface area contributed by atoms with Crippen LogP contribution < -0.4 is 0 Å². The fraction of sp³-hybridized carbons (Fsp3) is 0.714. The van der Waals surface area contributed by atoms with E-state index in [1.807, 2.05) is 13.8 Å². The Morgan fingerprint density at radius 2 is 1.89 bits per heavy atom. The molecule has 1 rings (SSSR count). The van der Waals surface area contributed by atoms with Gasteiger partial charge in [-0.2, -0.15) is 0 Å². The molecule has 2 nitrogen and oxygen atoms in total. The van der Waals surface area contributed by atoms with Gasteiger partial charge in [0.05, 0.1) is 0 Å². The minimum atomic E-state index is -0.364. The molecular weight excluding hydrogens is 116 g/mol. The number of carbonyl (C=O) groups excluding carboxylic acids is 2. The van der Waals surface area contributed by atoms with Crippen LogP contribution >= 0.6 is 0 Å². The normalized spacial score (nSPS) is 25.1. The Kier molecular flexibility index (Phi) is 1.19. The molecule has 50 valence electrons. The highest BCUT2D eigenvalue weighted by Crippen LogP contribution is 2.30. The van der Waals surface area contributed by atoms with Gasteiger partial charge in [-0.1, -0.05) is 13.8 Å². The molecule has 0 atom stereocenters. The topological polar surface area (TPSA) is 34.1 Å². The third-order valence-electron chi connectivity index (χ3n) is 1.84. The summed E-state index contributed by atoms with van der Waals surface area (Å²) in [6.07, 6.45) is 1.18. The van der Waals surface area contributed by atoms with Gasteiger partial charge < -0.3 is 0 Å². The van der Waals surface area contributed by atoms with Crippen molar-refractivity contribution in [2.24, 2.45) is 5.41 Å². The zero-order chi connectivity index (χ0) is 7.07. The molecule has 0 heterocycles. The van der Waals surface area contributed by atoms with E-state index in [1.165, 1.54) is 0 Å². The summed E-state index contributed by atoms with van der Waals surface area (Å²) in [7, 11) is 0. The Balaban J connectivity index is 2.86. The van der Waals surface area contributed by atoms with E-state index in [0.29, 0.717) is 6.42 Å². The fourth-order valence-electron chi connectivity index (χ4n) is 1.03. The number of Topliss-reactive ketones (excluding diaryl/α,β-unsaturated/α-hetero) is 2. The standard InChI is InChI=1S/C7H10O2/c1-7(2)4-3-5(8)6(7)9/h3-4H2,1-2H3. The molecule has 0 saturated heterocycles. The minimum Gasteiger partial charge on any atom is -0.291 e. The number of hydrogen-bond acceptors (Lipinski definition) is 2. The molecular formula is C7H10O2. The lowest BCUT2D eigenvalue weighted by Gasteiger charge is -2.10. The summed E-state index contributed by atoms with van der Waals surface area (Å²) >= 11 is 0. The molecule has 0 radical (unpaired) electrons. The Morgan fingerprint density at radius 1 is 1.33 bits per heavy atom. The summed E-state index contributed by atoms with van der Waals surface area (Å²) < 4.78 is 0. The molecule has 1 saturated carbocycles. The second-order valence-corrected chi connectivity index (χ2v) is 3.14. The predicted octanol–water partition coefficient (Wildman–Crippen LogP) is 0.945. The van der Waals surface area contributed by atoms with Crippen molar-refractivity contribution in [3.05, 3.63) is 0 Å². The van der Waals surface area contributed by atoms with Gasteiger partial charge in [0.15, 0.2) is 5.78 Å². The summed E-state index contributed by atoms with van der Waals surface area (Å²) in [5.74, 6) is -0.387. The molecule has 0 bridgehead atoms. The molecule has 0 aromatic carbocycles. The van der Waals surface area contributed by atoms with Gasteiger partial charge in [0, 0.05) is 11.8 Å². The predicted molar refractivity (Wildman–Crippen MR) is 33.0 cm³/mol. The van der Waals surface area contributed by atoms with Crippen molar-refractivity contribution in [3.63, 3.8) is 0 Å². The summed E-state index contributed by atoms with van der Waals surface area (Å²) in [5.41, 5.74) is -0.364. The van der Waals surface area contributed by atoms with Crippen LogP contribution in [0, 0.1) is 5.41 Å². The molecule has 0 aromatic rings. The molecule has 0 aliphatic heterocycles. The highest BCUT2D eigenvalue weighted by molar-refractivity contribution is 6.40. The van der Waals surface area contributed by atoms with Crippen LogP contribution in [0.25, 0.3) is 0 Å². The summed E-state index contributed by atoms with van der Waals surface area (Å²) in [6.45, 7) is 3.64. The van der Waals surface area contributed by atoms with Gasteiger partial charge in [-0.3, -0.25) is 9.59 Å². The van der Waals surface area contributed by atoms with Gasteiger partial charge in [0.1, 0.15) is 0 Å². The molecule has 9 heavy (non-hydrogen) atoms. The molecule has 0 aromatic heterocycles. The van der Waals surface area contributed by atoms with E-state index in [1.54, 1.807) is 0 Å². The van der Waals surface area contributed by atoms with E-state index in [9.17, 15) is 9.59 Å². The Bertz CT molecular complexity index is 168. The van der Waals surface area contributed by atoms with Crippen LogP contribution in [0.5, 0.6) is 0 Å². The van der Waals surface area contributed by atoms with E-state index in [2.05, 4.69) is 0 Å². The van der Waals surface area contributed by atoms with Crippen LogP contribution in [0.2, 0.25) is 0 Å². The van der Waals surface area contributed by atoms with Gasteiger partial charge in [-0.05, 0) is 6.42 Å². The summed E-state index contributed by atoms with van der Waals surface area (Å²) in [5, 5.41) is 0. The molecule has 1 aliphatic carbocycles. The smallest absolute Gasteiger partial charge is 0.203 e. The third kappa shape index (κ3) is 0.889. The maximum Gasteiger partial charge on any atom is 0.203 e. The van der Waals surface area contributed by atoms with Crippen LogP contribution in [0.15, 0.2) is 0 Å². The second-order valence-electron chi connectivity index (χ2n) is 3.14. The van der Waals surface area contributed by atoms with Crippen molar-refractivity contribution in [3.8, 4) is 0 Å². The molecule has 1 aliphatic rings. The molecule has 1 fully saturated rings. The Labute approximate surface area is 54.2 Å². The van der Waals surface area contributed by atoms with Crippen molar-refractivity contribution in [1.82, 2.24) is 0 Å². The number of rotatable bonds is 0. The van der Waals surface area contributed by atoms with E-state index < -0.39 is 0 Å². The highest BCUT2D eigenvalue weighted by atomic mass is 16.2. The molecule has 2 heteroatoms. The maximum atomic E-state index is 10.9. The molecule has 0 amide bonds. The van der Waals surface area contributed by atoms with Gasteiger partial charge in [-0.25, -0.2) is 0 Å². The first-order chi connectivity index (χ1) is 4.04. The second kappa shape index (κ2) is 1.66. The molecule has 0 spiro atoms. The lowest BCUT2D eigenvalue weighted by atomic mass is 9.91. The fourth-order valence-corrected chi connectivity index (χ4v) is 1.03. The largest absolute Gasteiger partial charge is 0.291 e. The van der Waals surface area contributed by atoms with Crippen molar-refractivity contribution >= 4 is 11.6 Å². The zero-order valence-corrected chi connectivity index (χ0v) is 5.73. The van der Waals surface area contributed by atoms with Crippen molar-refractivity contribution in [2.75, 3.05) is 0 Å². The quantitative estimate of drug-likeness (QED) is 0.453. The van der Waals surface area contributed by atoms with Crippen molar-refractivity contribution in [2.45, 2.75) is 26.7 Å².